The number of nitrogens with one attached hydrogen (secondary N) is 1. The molecule has 1 rings (SSSR count). The van der Waals surface area contributed by atoms with E-state index in [0.29, 0.717) is 6.54 Å². The van der Waals surface area contributed by atoms with Gasteiger partial charge < -0.3 is 19.9 Å². The lowest BCUT2D eigenvalue weighted by Crippen LogP contribution is -2.37. The quantitative estimate of drug-likeness (QED) is 0.684. The van der Waals surface area contributed by atoms with Gasteiger partial charge >= 0.3 is 5.97 Å². The second-order valence-corrected chi connectivity index (χ2v) is 5.18. The Morgan fingerprint density at radius 2 is 2.17 bits per heavy atom. The Balaban J connectivity index is 2.40. The van der Waals surface area contributed by atoms with Gasteiger partial charge in [-0.3, -0.25) is 4.79 Å². The first kappa shape index (κ1) is 14.7. The van der Waals surface area contributed by atoms with Crippen LogP contribution in [0.1, 0.15) is 31.8 Å². The van der Waals surface area contributed by atoms with Crippen LogP contribution < -0.4 is 5.32 Å². The van der Waals surface area contributed by atoms with Gasteiger partial charge in [-0.25, -0.2) is 0 Å². The van der Waals surface area contributed by atoms with Gasteiger partial charge in [0.15, 0.2) is 0 Å². The molecule has 0 saturated heterocycles. The fraction of sp³-hybridized carbons (Fsp3) is 0.615. The predicted molar refractivity (Wildman–Crippen MR) is 67.6 cm³/mol. The molecule has 0 bridgehead atoms. The summed E-state index contributed by atoms with van der Waals surface area (Å²) in [5, 5.41) is 21.0. The van der Waals surface area contributed by atoms with Crippen LogP contribution in [0.15, 0.2) is 16.5 Å². The minimum Gasteiger partial charge on any atom is -0.481 e. The molecule has 0 aromatic carbocycles. The van der Waals surface area contributed by atoms with Crippen LogP contribution in [0.4, 0.5) is 0 Å². The fourth-order valence-electron chi connectivity index (χ4n) is 1.71. The summed E-state index contributed by atoms with van der Waals surface area (Å²) in [6, 6.07) is 3.85. The van der Waals surface area contributed by atoms with E-state index in [9.17, 15) is 9.90 Å². The minimum atomic E-state index is -0.995. The highest BCUT2D eigenvalue weighted by atomic mass is 16.4. The Morgan fingerprint density at radius 1 is 1.50 bits per heavy atom. The van der Waals surface area contributed by atoms with Gasteiger partial charge in [0.2, 0.25) is 0 Å². The third-order valence-electron chi connectivity index (χ3n) is 2.76. The Kier molecular flexibility index (Phi) is 4.93. The molecule has 0 fully saturated rings. The van der Waals surface area contributed by atoms with Gasteiger partial charge in [0.1, 0.15) is 11.5 Å². The summed E-state index contributed by atoms with van der Waals surface area (Å²) in [5.74, 6) is 0.745. The topological polar surface area (TPSA) is 82.7 Å². The molecule has 5 nitrogen and oxygen atoms in total. The molecule has 18 heavy (non-hydrogen) atoms. The Morgan fingerprint density at radius 3 is 2.67 bits per heavy atom. The third-order valence-corrected chi connectivity index (χ3v) is 2.76. The van der Waals surface area contributed by atoms with Crippen LogP contribution in [-0.4, -0.2) is 35.4 Å². The number of aryl methyl sites for hydroxylation is 1. The predicted octanol–water partition coefficient (Wildman–Crippen LogP) is 1.29. The highest BCUT2D eigenvalue weighted by molar-refractivity contribution is 5.67. The van der Waals surface area contributed by atoms with Crippen LogP contribution >= 0.6 is 0 Å². The fourth-order valence-corrected chi connectivity index (χ4v) is 1.71. The van der Waals surface area contributed by atoms with Crippen molar-refractivity contribution in [3.05, 3.63) is 23.7 Å². The summed E-state index contributed by atoms with van der Waals surface area (Å²) in [6.07, 6.45) is -1.11. The molecule has 0 aliphatic heterocycles. The first-order chi connectivity index (χ1) is 8.31. The SMILES string of the molecule is Cc1ccc(C(C)(C)CNCC(O)CC(=O)O)o1. The minimum absolute atomic E-state index is 0.197. The van der Waals surface area contributed by atoms with E-state index in [4.69, 9.17) is 9.52 Å². The summed E-state index contributed by atoms with van der Waals surface area (Å²) in [5.41, 5.74) is -0.197. The second kappa shape index (κ2) is 6.02. The molecular formula is C13H21NO4. The van der Waals surface area contributed by atoms with Crippen molar-refractivity contribution in [3.8, 4) is 0 Å². The monoisotopic (exact) mass is 255 g/mol. The molecular weight excluding hydrogens is 234 g/mol. The summed E-state index contributed by atoms with van der Waals surface area (Å²) in [6.45, 7) is 6.82. The Bertz CT molecular complexity index is 397. The van der Waals surface area contributed by atoms with Crippen LogP contribution in [0.25, 0.3) is 0 Å². The van der Waals surface area contributed by atoms with Crippen molar-refractivity contribution < 1.29 is 19.4 Å². The first-order valence-corrected chi connectivity index (χ1v) is 5.99. The van der Waals surface area contributed by atoms with E-state index in [2.05, 4.69) is 5.32 Å². The lowest BCUT2D eigenvalue weighted by molar-refractivity contribution is -0.139. The van der Waals surface area contributed by atoms with Crippen molar-refractivity contribution >= 4 is 5.97 Å². The number of aliphatic hydroxyl groups excluding tert-OH is 1. The van der Waals surface area contributed by atoms with E-state index in [1.165, 1.54) is 0 Å². The van der Waals surface area contributed by atoms with E-state index in [1.807, 2.05) is 32.9 Å². The normalized spacial score (nSPS) is 13.6. The number of rotatable bonds is 7. The second-order valence-electron chi connectivity index (χ2n) is 5.18. The molecule has 1 atom stereocenters. The van der Waals surface area contributed by atoms with E-state index in [0.717, 1.165) is 11.5 Å². The largest absolute Gasteiger partial charge is 0.481 e. The number of carboxylic acid groups (broad SMARTS) is 1. The van der Waals surface area contributed by atoms with Crippen molar-refractivity contribution in [2.75, 3.05) is 13.1 Å². The molecule has 5 heteroatoms. The van der Waals surface area contributed by atoms with Crippen molar-refractivity contribution in [1.29, 1.82) is 0 Å². The number of carbonyl (C=O) groups is 1. The summed E-state index contributed by atoms with van der Waals surface area (Å²) in [7, 11) is 0. The number of aliphatic hydroxyl groups is 1. The Labute approximate surface area is 107 Å². The van der Waals surface area contributed by atoms with Gasteiger partial charge in [-0.2, -0.15) is 0 Å². The highest BCUT2D eigenvalue weighted by Gasteiger charge is 2.24. The lowest BCUT2D eigenvalue weighted by Gasteiger charge is -2.23. The summed E-state index contributed by atoms with van der Waals surface area (Å²) >= 11 is 0. The smallest absolute Gasteiger partial charge is 0.306 e. The highest BCUT2D eigenvalue weighted by Crippen LogP contribution is 2.24. The van der Waals surface area contributed by atoms with Gasteiger partial charge in [0.05, 0.1) is 12.5 Å². The third kappa shape index (κ3) is 4.50. The zero-order chi connectivity index (χ0) is 13.8. The molecule has 1 aromatic rings. The molecule has 0 aliphatic carbocycles. The zero-order valence-electron chi connectivity index (χ0n) is 11.1. The molecule has 3 N–H and O–H groups in total. The maximum Gasteiger partial charge on any atom is 0.306 e. The molecule has 1 unspecified atom stereocenters. The van der Waals surface area contributed by atoms with Crippen molar-refractivity contribution in [1.82, 2.24) is 5.32 Å². The number of hydrogen-bond donors (Lipinski definition) is 3. The summed E-state index contributed by atoms with van der Waals surface area (Å²) < 4.78 is 5.57. The van der Waals surface area contributed by atoms with Gasteiger partial charge in [-0.1, -0.05) is 13.8 Å². The standard InChI is InChI=1S/C13H21NO4/c1-9-4-5-11(18-9)13(2,3)8-14-7-10(15)6-12(16)17/h4-5,10,14-15H,6-8H2,1-3H3,(H,16,17). The van der Waals surface area contributed by atoms with Gasteiger partial charge in [-0.05, 0) is 19.1 Å². The number of carboxylic acids is 1. The van der Waals surface area contributed by atoms with Crippen molar-refractivity contribution in [2.24, 2.45) is 0 Å². The zero-order valence-corrected chi connectivity index (χ0v) is 11.1. The molecule has 1 aromatic heterocycles. The molecule has 0 saturated carbocycles. The average molecular weight is 255 g/mol. The van der Waals surface area contributed by atoms with E-state index in [-0.39, 0.29) is 18.4 Å². The molecule has 0 spiro atoms. The van der Waals surface area contributed by atoms with Crippen LogP contribution in [-0.2, 0) is 10.2 Å². The van der Waals surface area contributed by atoms with E-state index < -0.39 is 12.1 Å². The summed E-state index contributed by atoms with van der Waals surface area (Å²) in [4.78, 5) is 10.4. The molecule has 1 heterocycles. The van der Waals surface area contributed by atoms with Crippen molar-refractivity contribution in [3.63, 3.8) is 0 Å². The molecule has 0 aliphatic rings. The van der Waals surface area contributed by atoms with Crippen LogP contribution in [0.5, 0.6) is 0 Å². The van der Waals surface area contributed by atoms with Crippen molar-refractivity contribution in [2.45, 2.75) is 38.7 Å². The van der Waals surface area contributed by atoms with Crippen LogP contribution in [0, 0.1) is 6.92 Å². The van der Waals surface area contributed by atoms with E-state index in [1.54, 1.807) is 0 Å². The lowest BCUT2D eigenvalue weighted by atomic mass is 9.90. The van der Waals surface area contributed by atoms with E-state index >= 15 is 0 Å². The number of hydrogen-bond acceptors (Lipinski definition) is 4. The van der Waals surface area contributed by atoms with Gasteiger partial charge in [-0.15, -0.1) is 0 Å². The maximum absolute atomic E-state index is 10.4. The van der Waals surface area contributed by atoms with Gasteiger partial charge in [0.25, 0.3) is 0 Å². The van der Waals surface area contributed by atoms with Gasteiger partial charge in [0, 0.05) is 18.5 Å². The maximum atomic E-state index is 10.4. The van der Waals surface area contributed by atoms with Crippen LogP contribution in [0.2, 0.25) is 0 Å². The average Bonchev–Trinajstić information content (AvgIpc) is 2.64. The molecule has 102 valence electrons. The molecule has 0 amide bonds. The van der Waals surface area contributed by atoms with Crippen LogP contribution in [0.3, 0.4) is 0 Å². The first-order valence-electron chi connectivity index (χ1n) is 5.99. The molecule has 0 radical (unpaired) electrons. The Hall–Kier alpha value is -1.33. The number of furan rings is 1. The number of aliphatic carboxylic acids is 1.